The van der Waals surface area contributed by atoms with Crippen LogP contribution in [0.5, 0.6) is 5.75 Å². The van der Waals surface area contributed by atoms with E-state index in [9.17, 15) is 4.79 Å². The Morgan fingerprint density at radius 1 is 1.53 bits per heavy atom. The molecule has 2 aromatic rings. The molecule has 0 radical (unpaired) electrons. The first-order valence-corrected chi connectivity index (χ1v) is 5.79. The summed E-state index contributed by atoms with van der Waals surface area (Å²) in [7, 11) is 3.36. The Bertz CT molecular complexity index is 592. The number of benzene rings is 1. The number of hydrogen-bond donors (Lipinski definition) is 2. The van der Waals surface area contributed by atoms with Crippen molar-refractivity contribution >= 4 is 11.6 Å². The van der Waals surface area contributed by atoms with Crippen molar-refractivity contribution in [3.63, 3.8) is 0 Å². The number of aryl methyl sites for hydroxylation is 1. The molecule has 3 N–H and O–H groups in total. The van der Waals surface area contributed by atoms with Gasteiger partial charge in [-0.2, -0.15) is 5.10 Å². The predicted molar refractivity (Wildman–Crippen MR) is 71.8 cm³/mol. The summed E-state index contributed by atoms with van der Waals surface area (Å²) in [5.74, 6) is 0.377. The molecule has 0 aliphatic rings. The van der Waals surface area contributed by atoms with E-state index < -0.39 is 0 Å². The van der Waals surface area contributed by atoms with Crippen molar-refractivity contribution in [2.24, 2.45) is 7.05 Å². The number of nitrogens with one attached hydrogen (secondary N) is 1. The lowest BCUT2D eigenvalue weighted by Crippen LogP contribution is -2.22. The van der Waals surface area contributed by atoms with Crippen LogP contribution in [-0.2, 0) is 13.6 Å². The van der Waals surface area contributed by atoms with Crippen molar-refractivity contribution in [1.29, 1.82) is 0 Å². The van der Waals surface area contributed by atoms with Crippen LogP contribution in [0, 0.1) is 0 Å². The van der Waals surface area contributed by atoms with Gasteiger partial charge in [0.1, 0.15) is 5.75 Å². The summed E-state index contributed by atoms with van der Waals surface area (Å²) in [4.78, 5) is 11.9. The molecule has 0 aliphatic carbocycles. The largest absolute Gasteiger partial charge is 0.495 e. The number of nitrogen functional groups attached to an aromatic ring is 1. The molecule has 0 aliphatic heterocycles. The van der Waals surface area contributed by atoms with Gasteiger partial charge in [0.2, 0.25) is 0 Å². The maximum Gasteiger partial charge on any atom is 0.251 e. The number of nitrogens with two attached hydrogens (primary N) is 1. The maximum atomic E-state index is 11.9. The third-order valence-electron chi connectivity index (χ3n) is 2.70. The molecule has 19 heavy (non-hydrogen) atoms. The summed E-state index contributed by atoms with van der Waals surface area (Å²) in [6.07, 6.45) is 3.56. The minimum absolute atomic E-state index is 0.182. The molecule has 2 rings (SSSR count). The van der Waals surface area contributed by atoms with Gasteiger partial charge in [-0.15, -0.1) is 0 Å². The van der Waals surface area contributed by atoms with Gasteiger partial charge >= 0.3 is 0 Å². The molecule has 6 nitrogen and oxygen atoms in total. The van der Waals surface area contributed by atoms with Crippen LogP contribution in [0.15, 0.2) is 30.6 Å². The molecular weight excluding hydrogens is 244 g/mol. The van der Waals surface area contributed by atoms with Crippen LogP contribution < -0.4 is 15.8 Å². The van der Waals surface area contributed by atoms with E-state index in [1.165, 1.54) is 7.11 Å². The maximum absolute atomic E-state index is 11.9. The highest BCUT2D eigenvalue weighted by molar-refractivity contribution is 5.95. The van der Waals surface area contributed by atoms with Crippen molar-refractivity contribution in [3.05, 3.63) is 41.7 Å². The Morgan fingerprint density at radius 3 is 2.89 bits per heavy atom. The summed E-state index contributed by atoms with van der Waals surface area (Å²) in [5, 5.41) is 6.84. The van der Waals surface area contributed by atoms with Gasteiger partial charge in [0.05, 0.1) is 19.0 Å². The lowest BCUT2D eigenvalue weighted by atomic mass is 10.1. The van der Waals surface area contributed by atoms with Crippen molar-refractivity contribution in [3.8, 4) is 5.75 Å². The quantitative estimate of drug-likeness (QED) is 0.801. The number of hydrogen-bond acceptors (Lipinski definition) is 4. The lowest BCUT2D eigenvalue weighted by Gasteiger charge is -2.07. The minimum atomic E-state index is -0.182. The molecule has 0 unspecified atom stereocenters. The van der Waals surface area contributed by atoms with E-state index in [0.29, 0.717) is 23.5 Å². The zero-order valence-electron chi connectivity index (χ0n) is 10.9. The molecular formula is C13H16N4O2. The molecule has 1 aromatic carbocycles. The third-order valence-corrected chi connectivity index (χ3v) is 2.70. The summed E-state index contributed by atoms with van der Waals surface area (Å²) in [6.45, 7) is 0.429. The molecule has 0 saturated carbocycles. The van der Waals surface area contributed by atoms with Crippen LogP contribution in [0.3, 0.4) is 0 Å². The van der Waals surface area contributed by atoms with Gasteiger partial charge in [-0.05, 0) is 18.2 Å². The highest BCUT2D eigenvalue weighted by atomic mass is 16.5. The molecule has 0 atom stereocenters. The van der Waals surface area contributed by atoms with E-state index in [1.54, 1.807) is 29.1 Å². The number of amides is 1. The van der Waals surface area contributed by atoms with Gasteiger partial charge in [-0.3, -0.25) is 9.48 Å². The van der Waals surface area contributed by atoms with E-state index >= 15 is 0 Å². The summed E-state index contributed by atoms with van der Waals surface area (Å²) in [5.41, 5.74) is 7.65. The third kappa shape index (κ3) is 3.04. The molecule has 0 saturated heterocycles. The normalized spacial score (nSPS) is 10.2. The Hall–Kier alpha value is -2.50. The van der Waals surface area contributed by atoms with Gasteiger partial charge in [-0.1, -0.05) is 0 Å². The molecule has 100 valence electrons. The summed E-state index contributed by atoms with van der Waals surface area (Å²) >= 11 is 0. The zero-order valence-corrected chi connectivity index (χ0v) is 10.9. The first-order chi connectivity index (χ1) is 9.10. The lowest BCUT2D eigenvalue weighted by molar-refractivity contribution is 0.0951. The highest BCUT2D eigenvalue weighted by Gasteiger charge is 2.08. The van der Waals surface area contributed by atoms with Gasteiger partial charge in [-0.25, -0.2) is 0 Å². The molecule has 1 aromatic heterocycles. The Morgan fingerprint density at radius 2 is 2.32 bits per heavy atom. The second-order valence-corrected chi connectivity index (χ2v) is 4.16. The van der Waals surface area contributed by atoms with E-state index in [-0.39, 0.29) is 5.91 Å². The van der Waals surface area contributed by atoms with Crippen LogP contribution in [0.2, 0.25) is 0 Å². The molecule has 1 amide bonds. The number of ether oxygens (including phenoxy) is 1. The molecule has 1 heterocycles. The summed E-state index contributed by atoms with van der Waals surface area (Å²) < 4.78 is 6.73. The van der Waals surface area contributed by atoms with Gasteiger partial charge in [0.15, 0.2) is 0 Å². The van der Waals surface area contributed by atoms with Crippen LogP contribution >= 0.6 is 0 Å². The smallest absolute Gasteiger partial charge is 0.251 e. The SMILES string of the molecule is COc1ccc(C(=O)NCc2cnn(C)c2)cc1N. The van der Waals surface area contributed by atoms with E-state index in [0.717, 1.165) is 5.56 Å². The number of anilines is 1. The highest BCUT2D eigenvalue weighted by Crippen LogP contribution is 2.21. The molecule has 0 spiro atoms. The van der Waals surface area contributed by atoms with Crippen molar-refractivity contribution in [2.75, 3.05) is 12.8 Å². The standard InChI is InChI=1S/C13H16N4O2/c1-17-8-9(7-16-17)6-15-13(18)10-3-4-12(19-2)11(14)5-10/h3-5,7-8H,6,14H2,1-2H3,(H,15,18). The van der Waals surface area contributed by atoms with E-state index in [2.05, 4.69) is 10.4 Å². The summed E-state index contributed by atoms with van der Waals surface area (Å²) in [6, 6.07) is 4.94. The van der Waals surface area contributed by atoms with Crippen LogP contribution in [-0.4, -0.2) is 22.8 Å². The van der Waals surface area contributed by atoms with Crippen molar-refractivity contribution in [1.82, 2.24) is 15.1 Å². The predicted octanol–water partition coefficient (Wildman–Crippen LogP) is 0.941. The number of rotatable bonds is 4. The fraction of sp³-hybridized carbons (Fsp3) is 0.231. The Balaban J connectivity index is 2.01. The fourth-order valence-corrected chi connectivity index (χ4v) is 1.72. The molecule has 0 fully saturated rings. The van der Waals surface area contributed by atoms with Crippen LogP contribution in [0.4, 0.5) is 5.69 Å². The Labute approximate surface area is 111 Å². The average Bonchev–Trinajstić information content (AvgIpc) is 2.81. The second kappa shape index (κ2) is 5.43. The van der Waals surface area contributed by atoms with Gasteiger partial charge in [0.25, 0.3) is 5.91 Å². The zero-order chi connectivity index (χ0) is 13.8. The first-order valence-electron chi connectivity index (χ1n) is 5.79. The number of carbonyl (C=O) groups excluding carboxylic acids is 1. The number of carbonyl (C=O) groups is 1. The van der Waals surface area contributed by atoms with Crippen molar-refractivity contribution < 1.29 is 9.53 Å². The number of methoxy groups -OCH3 is 1. The van der Waals surface area contributed by atoms with Crippen LogP contribution in [0.25, 0.3) is 0 Å². The van der Waals surface area contributed by atoms with Gasteiger partial charge in [0, 0.05) is 30.9 Å². The number of nitrogens with zero attached hydrogens (tertiary/aromatic N) is 2. The van der Waals surface area contributed by atoms with Crippen LogP contribution in [0.1, 0.15) is 15.9 Å². The van der Waals surface area contributed by atoms with E-state index in [4.69, 9.17) is 10.5 Å². The average molecular weight is 260 g/mol. The van der Waals surface area contributed by atoms with Crippen molar-refractivity contribution in [2.45, 2.75) is 6.54 Å². The second-order valence-electron chi connectivity index (χ2n) is 4.16. The first kappa shape index (κ1) is 12.9. The van der Waals surface area contributed by atoms with E-state index in [1.807, 2.05) is 13.2 Å². The monoisotopic (exact) mass is 260 g/mol. The Kier molecular flexibility index (Phi) is 3.70. The molecule has 0 bridgehead atoms. The van der Waals surface area contributed by atoms with Gasteiger partial charge < -0.3 is 15.8 Å². The minimum Gasteiger partial charge on any atom is -0.495 e. The number of aromatic nitrogens is 2. The topological polar surface area (TPSA) is 82.2 Å². The molecule has 6 heteroatoms. The fourth-order valence-electron chi connectivity index (χ4n) is 1.72.